The summed E-state index contributed by atoms with van der Waals surface area (Å²) in [6, 6.07) is 0. The van der Waals surface area contributed by atoms with Crippen molar-refractivity contribution in [1.29, 1.82) is 0 Å². The van der Waals surface area contributed by atoms with Crippen LogP contribution in [-0.2, 0) is 4.74 Å². The Kier molecular flexibility index (Phi) is 2.70. The molecular formula is C9H11F2NO. The maximum atomic E-state index is 11.9. The molecule has 1 aliphatic heterocycles. The van der Waals surface area contributed by atoms with E-state index in [1.807, 2.05) is 0 Å². The quantitative estimate of drug-likeness (QED) is 0.658. The van der Waals surface area contributed by atoms with Crippen LogP contribution in [0.4, 0.5) is 8.78 Å². The Morgan fingerprint density at radius 2 is 2.15 bits per heavy atom. The van der Waals surface area contributed by atoms with Gasteiger partial charge in [0.25, 0.3) is 0 Å². The first-order valence-electron chi connectivity index (χ1n) is 3.77. The molecule has 0 aromatic carbocycles. The highest BCUT2D eigenvalue weighted by Crippen LogP contribution is 2.23. The molecule has 0 saturated carbocycles. The number of nitrogens with zero attached hydrogens (tertiary/aromatic N) is 1. The summed E-state index contributed by atoms with van der Waals surface area (Å²) in [6.07, 6.45) is 3.33. The van der Waals surface area contributed by atoms with Crippen molar-refractivity contribution < 1.29 is 13.5 Å². The molecule has 2 nitrogen and oxygen atoms in total. The Bertz CT molecular complexity index is 281. The number of halogens is 2. The summed E-state index contributed by atoms with van der Waals surface area (Å²) in [5, 5.41) is 0. The second-order valence-electron chi connectivity index (χ2n) is 2.82. The van der Waals surface area contributed by atoms with Crippen LogP contribution in [0, 0.1) is 0 Å². The van der Waals surface area contributed by atoms with Gasteiger partial charge in [0.15, 0.2) is 0 Å². The molecule has 72 valence electrons. The van der Waals surface area contributed by atoms with E-state index in [9.17, 15) is 8.78 Å². The molecule has 0 aliphatic carbocycles. The van der Waals surface area contributed by atoms with Crippen molar-refractivity contribution in [3.63, 3.8) is 0 Å². The summed E-state index contributed by atoms with van der Waals surface area (Å²) >= 11 is 0. The van der Waals surface area contributed by atoms with E-state index in [1.54, 1.807) is 25.1 Å². The minimum absolute atomic E-state index is 0.123. The summed E-state index contributed by atoms with van der Waals surface area (Å²) in [6.45, 7) is 2.62. The number of alkyl halides is 2. The molecule has 1 rings (SSSR count). The van der Waals surface area contributed by atoms with Crippen LogP contribution in [0.5, 0.6) is 0 Å². The van der Waals surface area contributed by atoms with Gasteiger partial charge in [-0.2, -0.15) is 8.78 Å². The van der Waals surface area contributed by atoms with Crippen LogP contribution in [0.2, 0.25) is 0 Å². The number of rotatable bonds is 2. The van der Waals surface area contributed by atoms with E-state index in [0.29, 0.717) is 5.70 Å². The highest BCUT2D eigenvalue weighted by atomic mass is 19.3. The largest absolute Gasteiger partial charge is 0.433 e. The standard InChI is InChI=1S/C9H11F2NO/c1-6-4-8(13-9(10)11)7(2)12(3)5-6/h4-5,9H,2H2,1,3H3. The van der Waals surface area contributed by atoms with Crippen molar-refractivity contribution >= 4 is 0 Å². The minimum Gasteiger partial charge on any atom is -0.433 e. The van der Waals surface area contributed by atoms with E-state index >= 15 is 0 Å². The number of allylic oxidation sites excluding steroid dienone is 2. The predicted molar refractivity (Wildman–Crippen MR) is 45.8 cm³/mol. The topological polar surface area (TPSA) is 12.5 Å². The second-order valence-corrected chi connectivity index (χ2v) is 2.82. The average molecular weight is 187 g/mol. The fourth-order valence-corrected chi connectivity index (χ4v) is 1.08. The molecule has 0 bridgehead atoms. The lowest BCUT2D eigenvalue weighted by atomic mass is 10.2. The Balaban J connectivity index is 2.82. The van der Waals surface area contributed by atoms with Crippen molar-refractivity contribution in [3.8, 4) is 0 Å². The van der Waals surface area contributed by atoms with Crippen molar-refractivity contribution in [2.75, 3.05) is 7.05 Å². The zero-order chi connectivity index (χ0) is 10.0. The number of hydrogen-bond donors (Lipinski definition) is 0. The first-order chi connectivity index (χ1) is 6.00. The zero-order valence-corrected chi connectivity index (χ0v) is 7.55. The molecule has 1 heterocycles. The lowest BCUT2D eigenvalue weighted by Crippen LogP contribution is -2.18. The maximum absolute atomic E-state index is 11.9. The SMILES string of the molecule is C=C1C(OC(F)F)=CC(C)=CN1C. The molecule has 0 saturated heterocycles. The van der Waals surface area contributed by atoms with Crippen molar-refractivity contribution in [2.45, 2.75) is 13.5 Å². The Labute approximate surface area is 75.8 Å². The number of hydrogen-bond acceptors (Lipinski definition) is 2. The summed E-state index contributed by atoms with van der Waals surface area (Å²) < 4.78 is 28.1. The smallest absolute Gasteiger partial charge is 0.387 e. The van der Waals surface area contributed by atoms with Gasteiger partial charge in [-0.05, 0) is 18.6 Å². The van der Waals surface area contributed by atoms with Gasteiger partial charge in [-0.15, -0.1) is 0 Å². The number of likely N-dealkylation sites (N-methyl/N-ethyl adjacent to an activating group) is 1. The van der Waals surface area contributed by atoms with Crippen LogP contribution >= 0.6 is 0 Å². The lowest BCUT2D eigenvalue weighted by molar-refractivity contribution is -0.0952. The van der Waals surface area contributed by atoms with Gasteiger partial charge in [-0.3, -0.25) is 0 Å². The lowest BCUT2D eigenvalue weighted by Gasteiger charge is -2.24. The molecule has 13 heavy (non-hydrogen) atoms. The van der Waals surface area contributed by atoms with Crippen molar-refractivity contribution in [1.82, 2.24) is 4.90 Å². The van der Waals surface area contributed by atoms with E-state index in [4.69, 9.17) is 0 Å². The molecule has 0 amide bonds. The van der Waals surface area contributed by atoms with E-state index in [2.05, 4.69) is 11.3 Å². The highest BCUT2D eigenvalue weighted by molar-refractivity contribution is 5.35. The molecule has 0 unspecified atom stereocenters. The van der Waals surface area contributed by atoms with Gasteiger partial charge in [-0.25, -0.2) is 0 Å². The van der Waals surface area contributed by atoms with Gasteiger partial charge in [-0.1, -0.05) is 6.58 Å². The molecule has 0 fully saturated rings. The Morgan fingerprint density at radius 1 is 1.54 bits per heavy atom. The molecule has 0 radical (unpaired) electrons. The van der Waals surface area contributed by atoms with Gasteiger partial charge >= 0.3 is 6.61 Å². The summed E-state index contributed by atoms with van der Waals surface area (Å²) in [5.41, 5.74) is 1.29. The van der Waals surface area contributed by atoms with Gasteiger partial charge in [0.2, 0.25) is 0 Å². The molecule has 0 aromatic rings. The molecule has 1 aliphatic rings. The molecule has 0 N–H and O–H groups in total. The number of ether oxygens (including phenoxy) is 1. The molecule has 0 atom stereocenters. The summed E-state index contributed by atoms with van der Waals surface area (Å²) in [4.78, 5) is 1.65. The fourth-order valence-electron chi connectivity index (χ4n) is 1.08. The van der Waals surface area contributed by atoms with E-state index in [1.165, 1.54) is 6.08 Å². The molecular weight excluding hydrogens is 176 g/mol. The summed E-state index contributed by atoms with van der Waals surface area (Å²) in [5.74, 6) is 0.123. The average Bonchev–Trinajstić information content (AvgIpc) is 1.98. The van der Waals surface area contributed by atoms with Gasteiger partial charge < -0.3 is 9.64 Å². The normalized spacial score (nSPS) is 17.3. The van der Waals surface area contributed by atoms with Gasteiger partial charge in [0, 0.05) is 13.2 Å². The zero-order valence-electron chi connectivity index (χ0n) is 7.55. The Hall–Kier alpha value is -1.32. The molecule has 4 heteroatoms. The van der Waals surface area contributed by atoms with Crippen molar-refractivity contribution in [2.24, 2.45) is 0 Å². The first kappa shape index (κ1) is 9.77. The molecule has 0 aromatic heterocycles. The predicted octanol–water partition coefficient (Wildman–Crippen LogP) is 2.47. The third kappa shape index (κ3) is 2.31. The van der Waals surface area contributed by atoms with Crippen LogP contribution in [-0.4, -0.2) is 18.6 Å². The van der Waals surface area contributed by atoms with Crippen LogP contribution in [0.25, 0.3) is 0 Å². The van der Waals surface area contributed by atoms with Crippen LogP contribution in [0.1, 0.15) is 6.92 Å². The Morgan fingerprint density at radius 3 is 2.69 bits per heavy atom. The van der Waals surface area contributed by atoms with Crippen LogP contribution < -0.4 is 0 Å². The fraction of sp³-hybridized carbons (Fsp3) is 0.333. The van der Waals surface area contributed by atoms with Crippen LogP contribution in [0.3, 0.4) is 0 Å². The van der Waals surface area contributed by atoms with Gasteiger partial charge in [0.1, 0.15) is 5.76 Å². The van der Waals surface area contributed by atoms with E-state index in [-0.39, 0.29) is 5.76 Å². The first-order valence-corrected chi connectivity index (χ1v) is 3.77. The highest BCUT2D eigenvalue weighted by Gasteiger charge is 2.16. The second kappa shape index (κ2) is 3.60. The summed E-state index contributed by atoms with van der Waals surface area (Å²) in [7, 11) is 1.73. The van der Waals surface area contributed by atoms with Crippen LogP contribution in [0.15, 0.2) is 35.9 Å². The third-order valence-corrected chi connectivity index (χ3v) is 1.68. The van der Waals surface area contributed by atoms with E-state index in [0.717, 1.165) is 5.57 Å². The minimum atomic E-state index is -2.80. The van der Waals surface area contributed by atoms with Crippen molar-refractivity contribution in [3.05, 3.63) is 35.9 Å². The van der Waals surface area contributed by atoms with Gasteiger partial charge in [0.05, 0.1) is 5.70 Å². The molecule has 0 spiro atoms. The van der Waals surface area contributed by atoms with E-state index < -0.39 is 6.61 Å². The third-order valence-electron chi connectivity index (χ3n) is 1.68. The maximum Gasteiger partial charge on any atom is 0.387 e. The monoisotopic (exact) mass is 187 g/mol.